The number of pyridine rings is 1. The Kier molecular flexibility index (Phi) is 4.41. The van der Waals surface area contributed by atoms with E-state index in [1.54, 1.807) is 18.5 Å². The number of nitrogens with zero attached hydrogens (tertiary/aromatic N) is 1. The topological polar surface area (TPSA) is 42.0 Å². The molecule has 1 aromatic heterocycles. The van der Waals surface area contributed by atoms with Crippen LogP contribution in [-0.4, -0.2) is 17.4 Å². The molecule has 1 heterocycles. The lowest BCUT2D eigenvalue weighted by molar-refractivity contribution is -0.120. The smallest absolute Gasteiger partial charge is 0.224 e. The molecular formula is C11H14N2O. The van der Waals surface area contributed by atoms with Crippen LogP contribution >= 0.6 is 0 Å². The van der Waals surface area contributed by atoms with Gasteiger partial charge in [-0.05, 0) is 18.1 Å². The number of carbonyl (C=O) groups is 1. The predicted molar refractivity (Wildman–Crippen MR) is 55.8 cm³/mol. The fourth-order valence-corrected chi connectivity index (χ4v) is 1.06. The zero-order valence-corrected chi connectivity index (χ0v) is 8.07. The summed E-state index contributed by atoms with van der Waals surface area (Å²) in [5, 5.41) is 2.79. The summed E-state index contributed by atoms with van der Waals surface area (Å²) in [6.07, 6.45) is 6.38. The Labute approximate surface area is 83.9 Å². The molecule has 0 bridgehead atoms. The van der Waals surface area contributed by atoms with Crippen LogP contribution < -0.4 is 5.32 Å². The Morgan fingerprint density at radius 1 is 1.64 bits per heavy atom. The maximum absolute atomic E-state index is 11.3. The SMILES string of the molecule is C=CCCNC(=O)Cc1cccnc1. The maximum atomic E-state index is 11.3. The minimum Gasteiger partial charge on any atom is -0.356 e. The lowest BCUT2D eigenvalue weighted by Gasteiger charge is -2.02. The minimum atomic E-state index is 0.0276. The van der Waals surface area contributed by atoms with Gasteiger partial charge in [-0.15, -0.1) is 6.58 Å². The Morgan fingerprint density at radius 3 is 3.14 bits per heavy atom. The number of hydrogen-bond acceptors (Lipinski definition) is 2. The Morgan fingerprint density at radius 2 is 2.50 bits per heavy atom. The number of carbonyl (C=O) groups excluding carboxylic acids is 1. The fraction of sp³-hybridized carbons (Fsp3) is 0.273. The van der Waals surface area contributed by atoms with Crippen LogP contribution in [-0.2, 0) is 11.2 Å². The van der Waals surface area contributed by atoms with Crippen LogP contribution in [0.2, 0.25) is 0 Å². The summed E-state index contributed by atoms with van der Waals surface area (Å²) in [6.45, 7) is 4.24. The molecule has 0 radical (unpaired) electrons. The van der Waals surface area contributed by atoms with E-state index in [-0.39, 0.29) is 5.91 Å². The van der Waals surface area contributed by atoms with Crippen LogP contribution in [0.5, 0.6) is 0 Å². The van der Waals surface area contributed by atoms with E-state index in [9.17, 15) is 4.79 Å². The predicted octanol–water partition coefficient (Wildman–Crippen LogP) is 1.32. The summed E-state index contributed by atoms with van der Waals surface area (Å²) in [5.41, 5.74) is 0.934. The van der Waals surface area contributed by atoms with Crippen molar-refractivity contribution in [3.63, 3.8) is 0 Å². The molecule has 0 saturated heterocycles. The van der Waals surface area contributed by atoms with Gasteiger partial charge in [0.25, 0.3) is 0 Å². The fourth-order valence-electron chi connectivity index (χ4n) is 1.06. The Hall–Kier alpha value is -1.64. The second-order valence-corrected chi connectivity index (χ2v) is 2.97. The summed E-state index contributed by atoms with van der Waals surface area (Å²) >= 11 is 0. The second-order valence-electron chi connectivity index (χ2n) is 2.97. The summed E-state index contributed by atoms with van der Waals surface area (Å²) in [6, 6.07) is 3.71. The van der Waals surface area contributed by atoms with E-state index in [4.69, 9.17) is 0 Å². The summed E-state index contributed by atoms with van der Waals surface area (Å²) in [5.74, 6) is 0.0276. The van der Waals surface area contributed by atoms with Gasteiger partial charge in [0, 0.05) is 18.9 Å². The van der Waals surface area contributed by atoms with E-state index in [0.29, 0.717) is 13.0 Å². The normalized spacial score (nSPS) is 9.43. The zero-order valence-electron chi connectivity index (χ0n) is 8.07. The van der Waals surface area contributed by atoms with E-state index >= 15 is 0 Å². The molecule has 1 N–H and O–H groups in total. The van der Waals surface area contributed by atoms with Gasteiger partial charge in [0.15, 0.2) is 0 Å². The highest BCUT2D eigenvalue weighted by atomic mass is 16.1. The van der Waals surface area contributed by atoms with Gasteiger partial charge in [-0.1, -0.05) is 12.1 Å². The van der Waals surface area contributed by atoms with Crippen molar-refractivity contribution in [1.82, 2.24) is 10.3 Å². The number of amides is 1. The van der Waals surface area contributed by atoms with Crippen molar-refractivity contribution in [2.45, 2.75) is 12.8 Å². The number of nitrogens with one attached hydrogen (secondary N) is 1. The Balaban J connectivity index is 2.31. The molecule has 0 fully saturated rings. The molecule has 0 aliphatic rings. The first kappa shape index (κ1) is 10.4. The van der Waals surface area contributed by atoms with E-state index in [1.165, 1.54) is 0 Å². The first-order chi connectivity index (χ1) is 6.83. The van der Waals surface area contributed by atoms with Gasteiger partial charge < -0.3 is 5.32 Å². The first-order valence-corrected chi connectivity index (χ1v) is 4.59. The van der Waals surface area contributed by atoms with Gasteiger partial charge in [0.05, 0.1) is 6.42 Å². The molecule has 0 aliphatic carbocycles. The van der Waals surface area contributed by atoms with Crippen molar-refractivity contribution >= 4 is 5.91 Å². The molecule has 0 atom stereocenters. The van der Waals surface area contributed by atoms with Crippen molar-refractivity contribution in [2.24, 2.45) is 0 Å². The molecule has 0 saturated carbocycles. The molecule has 0 spiro atoms. The third-order valence-electron chi connectivity index (χ3n) is 1.76. The molecule has 74 valence electrons. The summed E-state index contributed by atoms with van der Waals surface area (Å²) in [7, 11) is 0. The lowest BCUT2D eigenvalue weighted by atomic mass is 10.2. The molecule has 1 aromatic rings. The molecule has 3 nitrogen and oxygen atoms in total. The molecular weight excluding hydrogens is 176 g/mol. The van der Waals surface area contributed by atoms with Crippen LogP contribution in [0, 0.1) is 0 Å². The average molecular weight is 190 g/mol. The highest BCUT2D eigenvalue weighted by Gasteiger charge is 2.00. The van der Waals surface area contributed by atoms with Gasteiger partial charge in [-0.3, -0.25) is 9.78 Å². The second kappa shape index (κ2) is 5.91. The highest BCUT2D eigenvalue weighted by molar-refractivity contribution is 5.78. The van der Waals surface area contributed by atoms with Gasteiger partial charge in [-0.25, -0.2) is 0 Å². The van der Waals surface area contributed by atoms with Crippen LogP contribution in [0.25, 0.3) is 0 Å². The molecule has 0 aromatic carbocycles. The highest BCUT2D eigenvalue weighted by Crippen LogP contribution is 1.96. The molecule has 1 amide bonds. The summed E-state index contributed by atoms with van der Waals surface area (Å²) < 4.78 is 0. The van der Waals surface area contributed by atoms with E-state index in [0.717, 1.165) is 12.0 Å². The molecule has 3 heteroatoms. The summed E-state index contributed by atoms with van der Waals surface area (Å²) in [4.78, 5) is 15.3. The van der Waals surface area contributed by atoms with Crippen molar-refractivity contribution in [1.29, 1.82) is 0 Å². The van der Waals surface area contributed by atoms with E-state index < -0.39 is 0 Å². The van der Waals surface area contributed by atoms with Crippen LogP contribution in [0.1, 0.15) is 12.0 Å². The quantitative estimate of drug-likeness (QED) is 0.562. The van der Waals surface area contributed by atoms with Crippen molar-refractivity contribution < 1.29 is 4.79 Å². The monoisotopic (exact) mass is 190 g/mol. The number of aromatic nitrogens is 1. The number of rotatable bonds is 5. The van der Waals surface area contributed by atoms with Gasteiger partial charge >= 0.3 is 0 Å². The van der Waals surface area contributed by atoms with E-state index in [2.05, 4.69) is 16.9 Å². The zero-order chi connectivity index (χ0) is 10.2. The maximum Gasteiger partial charge on any atom is 0.224 e. The first-order valence-electron chi connectivity index (χ1n) is 4.59. The third-order valence-corrected chi connectivity index (χ3v) is 1.76. The van der Waals surface area contributed by atoms with Crippen molar-refractivity contribution in [2.75, 3.05) is 6.54 Å². The van der Waals surface area contributed by atoms with Gasteiger partial charge in [0.1, 0.15) is 0 Å². The van der Waals surface area contributed by atoms with Gasteiger partial charge in [-0.2, -0.15) is 0 Å². The van der Waals surface area contributed by atoms with Crippen LogP contribution in [0.3, 0.4) is 0 Å². The van der Waals surface area contributed by atoms with Crippen molar-refractivity contribution in [3.8, 4) is 0 Å². The minimum absolute atomic E-state index is 0.0276. The molecule has 0 unspecified atom stereocenters. The average Bonchev–Trinajstić information content (AvgIpc) is 2.20. The Bertz CT molecular complexity index is 295. The molecule has 0 aliphatic heterocycles. The standard InChI is InChI=1S/C11H14N2O/c1-2-3-7-13-11(14)8-10-5-4-6-12-9-10/h2,4-6,9H,1,3,7-8H2,(H,13,14). The van der Waals surface area contributed by atoms with Crippen LogP contribution in [0.4, 0.5) is 0 Å². The van der Waals surface area contributed by atoms with E-state index in [1.807, 2.05) is 12.1 Å². The lowest BCUT2D eigenvalue weighted by Crippen LogP contribution is -2.25. The van der Waals surface area contributed by atoms with Gasteiger partial charge in [0.2, 0.25) is 5.91 Å². The number of hydrogen-bond donors (Lipinski definition) is 1. The third kappa shape index (κ3) is 3.85. The molecule has 1 rings (SSSR count). The molecule has 14 heavy (non-hydrogen) atoms. The van der Waals surface area contributed by atoms with Crippen molar-refractivity contribution in [3.05, 3.63) is 42.7 Å². The van der Waals surface area contributed by atoms with Crippen LogP contribution in [0.15, 0.2) is 37.2 Å². The largest absolute Gasteiger partial charge is 0.356 e.